The molecule has 82 valence electrons. The van der Waals surface area contributed by atoms with E-state index in [1.165, 1.54) is 6.33 Å². The van der Waals surface area contributed by atoms with Gasteiger partial charge in [0.15, 0.2) is 0 Å². The Morgan fingerprint density at radius 1 is 1.53 bits per heavy atom. The Kier molecular flexibility index (Phi) is 3.60. The molecule has 5 nitrogen and oxygen atoms in total. The molecule has 15 heavy (non-hydrogen) atoms. The Morgan fingerprint density at radius 2 is 2.33 bits per heavy atom. The smallest absolute Gasteiger partial charge is 0.115 e. The molecule has 0 spiro atoms. The summed E-state index contributed by atoms with van der Waals surface area (Å²) in [5.74, 6) is 6.13. The van der Waals surface area contributed by atoms with E-state index in [1.807, 2.05) is 0 Å². The highest BCUT2D eigenvalue weighted by Gasteiger charge is 2.21. The molecule has 2 unspecified atom stereocenters. The van der Waals surface area contributed by atoms with Crippen molar-refractivity contribution >= 4 is 0 Å². The molecule has 0 saturated carbocycles. The van der Waals surface area contributed by atoms with Crippen LogP contribution in [0.1, 0.15) is 24.4 Å². The van der Waals surface area contributed by atoms with Gasteiger partial charge in [-0.05, 0) is 18.8 Å². The van der Waals surface area contributed by atoms with Gasteiger partial charge in [0, 0.05) is 37.2 Å². The van der Waals surface area contributed by atoms with Crippen molar-refractivity contribution in [2.45, 2.75) is 18.9 Å². The van der Waals surface area contributed by atoms with Crippen molar-refractivity contribution in [3.63, 3.8) is 0 Å². The number of hydrogen-bond donors (Lipinski definition) is 2. The molecule has 0 bridgehead atoms. The lowest BCUT2D eigenvalue weighted by atomic mass is 9.96. The van der Waals surface area contributed by atoms with Gasteiger partial charge in [0.05, 0.1) is 0 Å². The van der Waals surface area contributed by atoms with Crippen LogP contribution in [-0.4, -0.2) is 23.2 Å². The summed E-state index contributed by atoms with van der Waals surface area (Å²) in [6, 6.07) is 0.123. The van der Waals surface area contributed by atoms with Crippen LogP contribution in [0.4, 0.5) is 0 Å². The van der Waals surface area contributed by atoms with Gasteiger partial charge < -0.3 is 4.74 Å². The average molecular weight is 208 g/mol. The molecule has 2 heterocycles. The van der Waals surface area contributed by atoms with Crippen LogP contribution in [0.3, 0.4) is 0 Å². The molecule has 0 radical (unpaired) electrons. The van der Waals surface area contributed by atoms with E-state index in [4.69, 9.17) is 10.6 Å². The van der Waals surface area contributed by atoms with E-state index < -0.39 is 0 Å². The quantitative estimate of drug-likeness (QED) is 0.553. The average Bonchev–Trinajstić information content (AvgIpc) is 2.80. The number of hydrogen-bond acceptors (Lipinski definition) is 5. The minimum atomic E-state index is 0.123. The van der Waals surface area contributed by atoms with E-state index in [9.17, 15) is 0 Å². The summed E-state index contributed by atoms with van der Waals surface area (Å²) in [5.41, 5.74) is 3.84. The molecule has 1 saturated heterocycles. The summed E-state index contributed by atoms with van der Waals surface area (Å²) in [5, 5.41) is 0. The van der Waals surface area contributed by atoms with Crippen LogP contribution in [0.15, 0.2) is 18.7 Å². The molecule has 3 N–H and O–H groups in total. The van der Waals surface area contributed by atoms with Crippen LogP contribution >= 0.6 is 0 Å². The highest BCUT2D eigenvalue weighted by atomic mass is 16.5. The topological polar surface area (TPSA) is 73.1 Å². The fourth-order valence-electron chi connectivity index (χ4n) is 1.89. The van der Waals surface area contributed by atoms with Gasteiger partial charge in [-0.25, -0.2) is 9.97 Å². The molecular weight excluding hydrogens is 192 g/mol. The Labute approximate surface area is 89.0 Å². The summed E-state index contributed by atoms with van der Waals surface area (Å²) >= 11 is 0. The van der Waals surface area contributed by atoms with Crippen LogP contribution < -0.4 is 11.3 Å². The zero-order valence-corrected chi connectivity index (χ0v) is 8.60. The second-order valence-electron chi connectivity index (χ2n) is 3.86. The van der Waals surface area contributed by atoms with Gasteiger partial charge in [0.2, 0.25) is 0 Å². The Bertz CT molecular complexity index is 287. The van der Waals surface area contributed by atoms with Crippen LogP contribution in [0.25, 0.3) is 0 Å². The summed E-state index contributed by atoms with van der Waals surface area (Å²) in [6.45, 7) is 1.71. The van der Waals surface area contributed by atoms with Crippen molar-refractivity contribution in [1.82, 2.24) is 15.4 Å². The van der Waals surface area contributed by atoms with Crippen LogP contribution in [-0.2, 0) is 4.74 Å². The monoisotopic (exact) mass is 208 g/mol. The number of aromatic nitrogens is 2. The maximum absolute atomic E-state index is 5.54. The fourth-order valence-corrected chi connectivity index (χ4v) is 1.89. The summed E-state index contributed by atoms with van der Waals surface area (Å²) in [7, 11) is 0. The maximum atomic E-state index is 5.54. The number of nitrogens with two attached hydrogens (primary N) is 1. The van der Waals surface area contributed by atoms with Gasteiger partial charge in [0.1, 0.15) is 6.33 Å². The van der Waals surface area contributed by atoms with Gasteiger partial charge in [-0.1, -0.05) is 0 Å². The molecule has 1 aromatic heterocycles. The van der Waals surface area contributed by atoms with E-state index in [0.29, 0.717) is 5.92 Å². The Morgan fingerprint density at radius 3 is 2.93 bits per heavy atom. The third-order valence-electron chi connectivity index (χ3n) is 2.78. The van der Waals surface area contributed by atoms with Crippen molar-refractivity contribution in [1.29, 1.82) is 0 Å². The lowest BCUT2D eigenvalue weighted by molar-refractivity contribution is 0.181. The molecule has 1 aliphatic rings. The first-order chi connectivity index (χ1) is 7.40. The fraction of sp³-hybridized carbons (Fsp3) is 0.600. The number of nitrogens with zero attached hydrogens (tertiary/aromatic N) is 2. The largest absolute Gasteiger partial charge is 0.381 e. The van der Waals surface area contributed by atoms with Crippen molar-refractivity contribution in [3.8, 4) is 0 Å². The van der Waals surface area contributed by atoms with Crippen molar-refractivity contribution < 1.29 is 4.74 Å². The minimum Gasteiger partial charge on any atom is -0.381 e. The van der Waals surface area contributed by atoms with Gasteiger partial charge in [-0.2, -0.15) is 0 Å². The molecule has 1 aliphatic heterocycles. The second kappa shape index (κ2) is 5.16. The molecule has 1 aromatic rings. The SMILES string of the molecule is NNC(CC1CCOC1)c1cncnc1. The molecule has 1 fully saturated rings. The van der Waals surface area contributed by atoms with E-state index in [-0.39, 0.29) is 6.04 Å². The van der Waals surface area contributed by atoms with Gasteiger partial charge in [0.25, 0.3) is 0 Å². The molecule has 2 atom stereocenters. The molecular formula is C10H16N4O. The Balaban J connectivity index is 1.97. The highest BCUT2D eigenvalue weighted by Crippen LogP contribution is 2.24. The van der Waals surface area contributed by atoms with E-state index >= 15 is 0 Å². The minimum absolute atomic E-state index is 0.123. The molecule has 5 heteroatoms. The van der Waals surface area contributed by atoms with E-state index in [2.05, 4.69) is 15.4 Å². The summed E-state index contributed by atoms with van der Waals surface area (Å²) < 4.78 is 5.34. The predicted octanol–water partition coefficient (Wildman–Crippen LogP) is 0.408. The van der Waals surface area contributed by atoms with Crippen LogP contribution in [0.5, 0.6) is 0 Å². The van der Waals surface area contributed by atoms with Gasteiger partial charge >= 0.3 is 0 Å². The summed E-state index contributed by atoms with van der Waals surface area (Å²) in [4.78, 5) is 7.98. The third kappa shape index (κ3) is 2.71. The lowest BCUT2D eigenvalue weighted by Gasteiger charge is -2.18. The maximum Gasteiger partial charge on any atom is 0.115 e. The van der Waals surface area contributed by atoms with Crippen LogP contribution in [0.2, 0.25) is 0 Å². The number of rotatable bonds is 4. The molecule has 0 amide bonds. The molecule has 0 aliphatic carbocycles. The number of nitrogens with one attached hydrogen (secondary N) is 1. The molecule has 2 rings (SSSR count). The Hall–Kier alpha value is -1.04. The lowest BCUT2D eigenvalue weighted by Crippen LogP contribution is -2.30. The van der Waals surface area contributed by atoms with Crippen molar-refractivity contribution in [2.75, 3.05) is 13.2 Å². The van der Waals surface area contributed by atoms with Crippen molar-refractivity contribution in [3.05, 3.63) is 24.3 Å². The standard InChI is InChI=1S/C10H16N4O/c11-14-10(3-8-1-2-15-6-8)9-4-12-7-13-5-9/h4-5,7-8,10,14H,1-3,6,11H2. The van der Waals surface area contributed by atoms with E-state index in [0.717, 1.165) is 31.6 Å². The van der Waals surface area contributed by atoms with Crippen LogP contribution in [0, 0.1) is 5.92 Å². The number of hydrazine groups is 1. The second-order valence-corrected chi connectivity index (χ2v) is 3.86. The first-order valence-electron chi connectivity index (χ1n) is 5.19. The highest BCUT2D eigenvalue weighted by molar-refractivity contribution is 5.09. The first kappa shape index (κ1) is 10.5. The first-order valence-corrected chi connectivity index (χ1v) is 5.19. The third-order valence-corrected chi connectivity index (χ3v) is 2.78. The molecule has 0 aromatic carbocycles. The zero-order chi connectivity index (χ0) is 10.5. The van der Waals surface area contributed by atoms with Gasteiger partial charge in [-0.15, -0.1) is 0 Å². The van der Waals surface area contributed by atoms with Gasteiger partial charge in [-0.3, -0.25) is 11.3 Å². The normalized spacial score (nSPS) is 22.9. The summed E-state index contributed by atoms with van der Waals surface area (Å²) in [6.07, 6.45) is 7.21. The van der Waals surface area contributed by atoms with Crippen molar-refractivity contribution in [2.24, 2.45) is 11.8 Å². The van der Waals surface area contributed by atoms with E-state index in [1.54, 1.807) is 12.4 Å². The predicted molar refractivity (Wildman–Crippen MR) is 55.6 cm³/mol. The number of ether oxygens (including phenoxy) is 1. The zero-order valence-electron chi connectivity index (χ0n) is 8.60.